The van der Waals surface area contributed by atoms with Crippen molar-refractivity contribution in [1.29, 1.82) is 0 Å². The molecule has 21 heavy (non-hydrogen) atoms. The maximum atomic E-state index is 3.62. The van der Waals surface area contributed by atoms with Crippen LogP contribution in [0.3, 0.4) is 0 Å². The molecule has 1 aliphatic rings. The molecule has 1 N–H and O–H groups in total. The van der Waals surface area contributed by atoms with Gasteiger partial charge in [-0.1, -0.05) is 51.1 Å². The van der Waals surface area contributed by atoms with E-state index in [9.17, 15) is 0 Å². The number of benzene rings is 1. The number of nitrogens with zero attached hydrogens (tertiary/aromatic N) is 2. The smallest absolute Gasteiger partial charge is 0.0479 e. The molecule has 118 valence electrons. The number of hydrogen-bond acceptors (Lipinski definition) is 3. The van der Waals surface area contributed by atoms with E-state index >= 15 is 0 Å². The Bertz CT molecular complexity index is 404. The fourth-order valence-corrected chi connectivity index (χ4v) is 3.21. The summed E-state index contributed by atoms with van der Waals surface area (Å²) in [5.74, 6) is 0. The minimum atomic E-state index is 0.517. The first kappa shape index (κ1) is 16.5. The highest BCUT2D eigenvalue weighted by molar-refractivity contribution is 5.20. The average molecular weight is 289 g/mol. The van der Waals surface area contributed by atoms with E-state index in [2.05, 4.69) is 73.3 Å². The molecular weight excluding hydrogens is 258 g/mol. The van der Waals surface area contributed by atoms with Gasteiger partial charge in [0.15, 0.2) is 0 Å². The molecule has 0 aromatic heterocycles. The van der Waals surface area contributed by atoms with Crippen LogP contribution in [-0.4, -0.2) is 55.1 Å². The number of nitrogens with one attached hydrogen (secondary N) is 1. The van der Waals surface area contributed by atoms with Crippen molar-refractivity contribution in [2.45, 2.75) is 45.3 Å². The van der Waals surface area contributed by atoms with Gasteiger partial charge in [0.2, 0.25) is 0 Å². The molecule has 3 heteroatoms. The summed E-state index contributed by atoms with van der Waals surface area (Å²) in [4.78, 5) is 5.17. The third-order valence-corrected chi connectivity index (χ3v) is 4.51. The zero-order chi connectivity index (χ0) is 15.2. The summed E-state index contributed by atoms with van der Waals surface area (Å²) in [5, 5.41) is 3.62. The van der Waals surface area contributed by atoms with Crippen LogP contribution in [0.2, 0.25) is 0 Å². The highest BCUT2D eigenvalue weighted by atomic mass is 15.3. The van der Waals surface area contributed by atoms with Gasteiger partial charge in [-0.2, -0.15) is 0 Å². The first-order valence-corrected chi connectivity index (χ1v) is 8.34. The average Bonchev–Trinajstić information content (AvgIpc) is 2.49. The highest BCUT2D eigenvalue weighted by Gasteiger charge is 2.30. The second-order valence-corrected chi connectivity index (χ2v) is 6.55. The van der Waals surface area contributed by atoms with Crippen LogP contribution in [0, 0.1) is 0 Å². The predicted molar refractivity (Wildman–Crippen MR) is 90.6 cm³/mol. The standard InChI is InChI=1S/C18H31N3/c1-5-17(13-19-15(2)3)21-12-11-20(4)14-18(21)16-9-7-6-8-10-16/h6-10,15,17-19H,5,11-14H2,1-4H3. The zero-order valence-corrected chi connectivity index (χ0v) is 14.0. The highest BCUT2D eigenvalue weighted by Crippen LogP contribution is 2.27. The Labute approximate surface area is 130 Å². The van der Waals surface area contributed by atoms with Gasteiger partial charge < -0.3 is 10.2 Å². The van der Waals surface area contributed by atoms with E-state index < -0.39 is 0 Å². The molecule has 1 aromatic rings. The van der Waals surface area contributed by atoms with Crippen molar-refractivity contribution >= 4 is 0 Å². The Kier molecular flexibility index (Phi) is 6.22. The predicted octanol–water partition coefficient (Wildman–Crippen LogP) is 2.75. The van der Waals surface area contributed by atoms with Gasteiger partial charge in [-0.15, -0.1) is 0 Å². The van der Waals surface area contributed by atoms with Crippen LogP contribution < -0.4 is 5.32 Å². The first-order valence-electron chi connectivity index (χ1n) is 8.34. The van der Waals surface area contributed by atoms with Crippen molar-refractivity contribution in [1.82, 2.24) is 15.1 Å². The monoisotopic (exact) mass is 289 g/mol. The molecule has 2 unspecified atom stereocenters. The van der Waals surface area contributed by atoms with E-state index in [0.29, 0.717) is 18.1 Å². The van der Waals surface area contributed by atoms with Crippen LogP contribution in [0.1, 0.15) is 38.8 Å². The molecule has 0 amide bonds. The van der Waals surface area contributed by atoms with E-state index in [1.54, 1.807) is 0 Å². The molecule has 0 bridgehead atoms. The lowest BCUT2D eigenvalue weighted by Crippen LogP contribution is -2.53. The zero-order valence-electron chi connectivity index (χ0n) is 14.0. The summed E-state index contributed by atoms with van der Waals surface area (Å²) < 4.78 is 0. The van der Waals surface area contributed by atoms with E-state index in [0.717, 1.165) is 19.6 Å². The maximum absolute atomic E-state index is 3.62. The van der Waals surface area contributed by atoms with E-state index in [1.165, 1.54) is 18.5 Å². The van der Waals surface area contributed by atoms with Gasteiger partial charge in [0.25, 0.3) is 0 Å². The number of hydrogen-bond donors (Lipinski definition) is 1. The van der Waals surface area contributed by atoms with Crippen molar-refractivity contribution in [3.63, 3.8) is 0 Å². The first-order chi connectivity index (χ1) is 10.1. The maximum Gasteiger partial charge on any atom is 0.0479 e. The quantitative estimate of drug-likeness (QED) is 0.869. The molecule has 1 heterocycles. The third-order valence-electron chi connectivity index (χ3n) is 4.51. The summed E-state index contributed by atoms with van der Waals surface area (Å²) in [6.45, 7) is 11.3. The Morgan fingerprint density at radius 1 is 1.19 bits per heavy atom. The Morgan fingerprint density at radius 3 is 2.52 bits per heavy atom. The van der Waals surface area contributed by atoms with Crippen molar-refractivity contribution in [3.05, 3.63) is 35.9 Å². The van der Waals surface area contributed by atoms with E-state index in [1.807, 2.05) is 0 Å². The fraction of sp³-hybridized carbons (Fsp3) is 0.667. The summed E-state index contributed by atoms with van der Waals surface area (Å²) in [6.07, 6.45) is 1.20. The molecule has 1 saturated heterocycles. The van der Waals surface area contributed by atoms with Gasteiger partial charge in [-0.05, 0) is 19.0 Å². The Morgan fingerprint density at radius 2 is 1.90 bits per heavy atom. The Balaban J connectivity index is 2.13. The second kappa shape index (κ2) is 7.92. The fourth-order valence-electron chi connectivity index (χ4n) is 3.21. The van der Waals surface area contributed by atoms with Gasteiger partial charge in [0, 0.05) is 44.3 Å². The summed E-state index contributed by atoms with van der Waals surface area (Å²) in [7, 11) is 2.24. The third kappa shape index (κ3) is 4.53. The van der Waals surface area contributed by atoms with Crippen LogP contribution >= 0.6 is 0 Å². The minimum absolute atomic E-state index is 0.517. The number of piperazine rings is 1. The molecule has 0 spiro atoms. The molecule has 1 aromatic carbocycles. The summed E-state index contributed by atoms with van der Waals surface area (Å²) in [6, 6.07) is 12.7. The molecule has 0 saturated carbocycles. The molecule has 1 aliphatic heterocycles. The van der Waals surface area contributed by atoms with Crippen molar-refractivity contribution in [3.8, 4) is 0 Å². The lowest BCUT2D eigenvalue weighted by Gasteiger charge is -2.44. The van der Waals surface area contributed by atoms with Crippen molar-refractivity contribution < 1.29 is 0 Å². The van der Waals surface area contributed by atoms with Gasteiger partial charge in [0.05, 0.1) is 0 Å². The lowest BCUT2D eigenvalue weighted by atomic mass is 9.99. The van der Waals surface area contributed by atoms with Gasteiger partial charge in [0.1, 0.15) is 0 Å². The Hall–Kier alpha value is -0.900. The van der Waals surface area contributed by atoms with Crippen LogP contribution in [0.25, 0.3) is 0 Å². The second-order valence-electron chi connectivity index (χ2n) is 6.55. The normalized spacial score (nSPS) is 22.6. The molecule has 2 rings (SSSR count). The largest absolute Gasteiger partial charge is 0.313 e. The topological polar surface area (TPSA) is 18.5 Å². The van der Waals surface area contributed by atoms with E-state index in [4.69, 9.17) is 0 Å². The molecule has 1 fully saturated rings. The lowest BCUT2D eigenvalue weighted by molar-refractivity contribution is 0.0486. The van der Waals surface area contributed by atoms with E-state index in [-0.39, 0.29) is 0 Å². The van der Waals surface area contributed by atoms with Crippen LogP contribution in [0.15, 0.2) is 30.3 Å². The van der Waals surface area contributed by atoms with Crippen molar-refractivity contribution in [2.24, 2.45) is 0 Å². The molecular formula is C18H31N3. The number of likely N-dealkylation sites (N-methyl/N-ethyl adjacent to an activating group) is 1. The van der Waals surface area contributed by atoms with Crippen LogP contribution in [-0.2, 0) is 0 Å². The number of rotatable bonds is 6. The van der Waals surface area contributed by atoms with Crippen molar-refractivity contribution in [2.75, 3.05) is 33.2 Å². The molecule has 3 nitrogen and oxygen atoms in total. The SMILES string of the molecule is CCC(CNC(C)C)N1CCN(C)CC1c1ccccc1. The minimum Gasteiger partial charge on any atom is -0.313 e. The van der Waals surface area contributed by atoms with Gasteiger partial charge in [-0.3, -0.25) is 4.90 Å². The molecule has 0 radical (unpaired) electrons. The van der Waals surface area contributed by atoms with Gasteiger partial charge >= 0.3 is 0 Å². The summed E-state index contributed by atoms with van der Waals surface area (Å²) in [5.41, 5.74) is 1.45. The van der Waals surface area contributed by atoms with Gasteiger partial charge in [-0.25, -0.2) is 0 Å². The summed E-state index contributed by atoms with van der Waals surface area (Å²) >= 11 is 0. The van der Waals surface area contributed by atoms with Crippen LogP contribution in [0.5, 0.6) is 0 Å². The van der Waals surface area contributed by atoms with Crippen LogP contribution in [0.4, 0.5) is 0 Å². The molecule has 0 aliphatic carbocycles. The molecule has 2 atom stereocenters.